The number of hydrogen-bond donors (Lipinski definition) is 1. The lowest BCUT2D eigenvalue weighted by Gasteiger charge is -2.11. The van der Waals surface area contributed by atoms with E-state index in [0.29, 0.717) is 16.3 Å². The van der Waals surface area contributed by atoms with Gasteiger partial charge in [-0.25, -0.2) is 13.2 Å². The molecule has 0 amide bonds. The molecule has 3 unspecified atom stereocenters. The summed E-state index contributed by atoms with van der Waals surface area (Å²) in [7, 11) is -2.35. The summed E-state index contributed by atoms with van der Waals surface area (Å²) in [5, 5.41) is -0.709. The SMILES string of the molecule is CCOC(=O)C1(N)C(c2ccc(OC)cc2)C1S(=O)(=O)c1ccc(Cl)cc1. The summed E-state index contributed by atoms with van der Waals surface area (Å²) in [5.74, 6) is -0.827. The molecular formula is C19H20ClNO5S. The van der Waals surface area contributed by atoms with Gasteiger partial charge in [0.25, 0.3) is 0 Å². The van der Waals surface area contributed by atoms with Gasteiger partial charge in [0.05, 0.1) is 18.6 Å². The molecule has 1 aliphatic rings. The smallest absolute Gasteiger partial charge is 0.328 e. The minimum atomic E-state index is -3.88. The van der Waals surface area contributed by atoms with Gasteiger partial charge in [-0.2, -0.15) is 0 Å². The van der Waals surface area contributed by atoms with Crippen LogP contribution in [-0.2, 0) is 19.4 Å². The molecule has 2 N–H and O–H groups in total. The van der Waals surface area contributed by atoms with Gasteiger partial charge < -0.3 is 15.2 Å². The standard InChI is InChI=1S/C19H20ClNO5S/c1-3-26-18(22)19(21)16(12-4-8-14(25-2)9-5-12)17(19)27(23,24)15-10-6-13(20)7-11-15/h4-11,16-17H,3,21H2,1-2H3. The molecule has 0 spiro atoms. The summed E-state index contributed by atoms with van der Waals surface area (Å²) < 4.78 is 36.6. The molecule has 2 aromatic carbocycles. The van der Waals surface area contributed by atoms with E-state index in [0.717, 1.165) is 0 Å². The van der Waals surface area contributed by atoms with Gasteiger partial charge in [-0.1, -0.05) is 23.7 Å². The highest BCUT2D eigenvalue weighted by molar-refractivity contribution is 7.92. The van der Waals surface area contributed by atoms with Crippen molar-refractivity contribution >= 4 is 27.4 Å². The van der Waals surface area contributed by atoms with E-state index in [9.17, 15) is 13.2 Å². The van der Waals surface area contributed by atoms with E-state index in [-0.39, 0.29) is 11.5 Å². The van der Waals surface area contributed by atoms with Crippen LogP contribution in [0.15, 0.2) is 53.4 Å². The number of ether oxygens (including phenoxy) is 2. The summed E-state index contributed by atoms with van der Waals surface area (Å²) in [4.78, 5) is 12.6. The molecule has 0 radical (unpaired) electrons. The third-order valence-electron chi connectivity index (χ3n) is 4.76. The van der Waals surface area contributed by atoms with Crippen LogP contribution in [0.2, 0.25) is 5.02 Å². The number of hydrogen-bond acceptors (Lipinski definition) is 6. The van der Waals surface area contributed by atoms with E-state index < -0.39 is 32.5 Å². The van der Waals surface area contributed by atoms with Crippen molar-refractivity contribution in [2.45, 2.75) is 28.5 Å². The Kier molecular flexibility index (Phi) is 5.20. The average Bonchev–Trinajstić information content (AvgIpc) is 3.31. The van der Waals surface area contributed by atoms with E-state index in [1.807, 2.05) is 0 Å². The number of carbonyl (C=O) groups excluding carboxylic acids is 1. The second kappa shape index (κ2) is 7.14. The van der Waals surface area contributed by atoms with E-state index in [2.05, 4.69) is 0 Å². The Hall–Kier alpha value is -2.09. The first-order chi connectivity index (χ1) is 12.8. The largest absolute Gasteiger partial charge is 0.497 e. The van der Waals surface area contributed by atoms with Crippen LogP contribution in [0.4, 0.5) is 0 Å². The molecule has 8 heteroatoms. The number of halogens is 1. The molecule has 6 nitrogen and oxygen atoms in total. The van der Waals surface area contributed by atoms with E-state index >= 15 is 0 Å². The zero-order valence-corrected chi connectivity index (χ0v) is 16.5. The molecule has 1 fully saturated rings. The first-order valence-corrected chi connectivity index (χ1v) is 10.3. The summed E-state index contributed by atoms with van der Waals surface area (Å²) in [6.45, 7) is 1.76. The Balaban J connectivity index is 2.04. The van der Waals surface area contributed by atoms with E-state index in [1.165, 1.54) is 31.4 Å². The highest BCUT2D eigenvalue weighted by atomic mass is 35.5. The van der Waals surface area contributed by atoms with Crippen molar-refractivity contribution in [2.24, 2.45) is 5.73 Å². The van der Waals surface area contributed by atoms with Crippen LogP contribution >= 0.6 is 11.6 Å². The van der Waals surface area contributed by atoms with Crippen LogP contribution in [0.3, 0.4) is 0 Å². The fraction of sp³-hybridized carbons (Fsp3) is 0.316. The zero-order valence-electron chi connectivity index (χ0n) is 14.9. The monoisotopic (exact) mass is 409 g/mol. The number of esters is 1. The molecule has 144 valence electrons. The van der Waals surface area contributed by atoms with Crippen molar-refractivity contribution in [3.8, 4) is 5.75 Å². The topological polar surface area (TPSA) is 95.7 Å². The summed E-state index contributed by atoms with van der Waals surface area (Å²) in [6, 6.07) is 12.6. The molecule has 1 aliphatic carbocycles. The molecule has 0 heterocycles. The first kappa shape index (κ1) is 19.7. The van der Waals surface area contributed by atoms with Crippen LogP contribution < -0.4 is 10.5 Å². The van der Waals surface area contributed by atoms with Gasteiger partial charge >= 0.3 is 5.97 Å². The Morgan fingerprint density at radius 3 is 2.26 bits per heavy atom. The van der Waals surface area contributed by atoms with Gasteiger partial charge in [-0.3, -0.25) is 0 Å². The molecule has 0 bridgehead atoms. The number of nitrogens with two attached hydrogens (primary N) is 1. The molecule has 0 aromatic heterocycles. The number of methoxy groups -OCH3 is 1. The molecule has 3 rings (SSSR count). The van der Waals surface area contributed by atoms with Gasteiger partial charge in [0, 0.05) is 10.9 Å². The van der Waals surface area contributed by atoms with Crippen molar-refractivity contribution in [3.63, 3.8) is 0 Å². The van der Waals surface area contributed by atoms with Gasteiger partial charge in [0.2, 0.25) is 0 Å². The number of rotatable bonds is 6. The number of carbonyl (C=O) groups is 1. The van der Waals surface area contributed by atoms with Crippen molar-refractivity contribution < 1.29 is 22.7 Å². The Morgan fingerprint density at radius 2 is 1.74 bits per heavy atom. The van der Waals surface area contributed by atoms with Gasteiger partial charge in [-0.05, 0) is 48.9 Å². The lowest BCUT2D eigenvalue weighted by molar-refractivity contribution is -0.145. The van der Waals surface area contributed by atoms with Crippen LogP contribution in [0, 0.1) is 0 Å². The minimum Gasteiger partial charge on any atom is -0.497 e. The Bertz CT molecular complexity index is 943. The molecule has 3 atom stereocenters. The maximum Gasteiger partial charge on any atom is 0.328 e. The second-order valence-electron chi connectivity index (χ2n) is 6.32. The quantitative estimate of drug-likeness (QED) is 0.736. The van der Waals surface area contributed by atoms with Gasteiger partial charge in [0.1, 0.15) is 16.5 Å². The molecular weight excluding hydrogens is 390 g/mol. The maximum absolute atomic E-state index is 13.2. The molecule has 27 heavy (non-hydrogen) atoms. The summed E-state index contributed by atoms with van der Waals surface area (Å²) in [5.41, 5.74) is 5.29. The minimum absolute atomic E-state index is 0.0621. The molecule has 0 saturated heterocycles. The normalized spacial score (nSPS) is 24.3. The predicted octanol–water partition coefficient (Wildman–Crippen LogP) is 2.55. The van der Waals surface area contributed by atoms with Gasteiger partial charge in [0.15, 0.2) is 9.84 Å². The zero-order chi connectivity index (χ0) is 19.8. The van der Waals surface area contributed by atoms with Crippen molar-refractivity contribution in [2.75, 3.05) is 13.7 Å². The highest BCUT2D eigenvalue weighted by Gasteiger charge is 2.74. The third kappa shape index (κ3) is 3.31. The van der Waals surface area contributed by atoms with Crippen LogP contribution in [-0.4, -0.2) is 38.9 Å². The van der Waals surface area contributed by atoms with Crippen molar-refractivity contribution in [1.82, 2.24) is 0 Å². The Labute approximate surface area is 163 Å². The first-order valence-electron chi connectivity index (χ1n) is 8.36. The van der Waals surface area contributed by atoms with Gasteiger partial charge in [-0.15, -0.1) is 0 Å². The van der Waals surface area contributed by atoms with Crippen LogP contribution in [0.1, 0.15) is 18.4 Å². The molecule has 0 aliphatic heterocycles. The average molecular weight is 410 g/mol. The van der Waals surface area contributed by atoms with Crippen LogP contribution in [0.25, 0.3) is 0 Å². The molecule has 2 aromatic rings. The fourth-order valence-electron chi connectivity index (χ4n) is 3.34. The molecule has 1 saturated carbocycles. The number of sulfone groups is 1. The second-order valence-corrected chi connectivity index (χ2v) is 8.83. The maximum atomic E-state index is 13.2. The lowest BCUT2D eigenvalue weighted by Crippen LogP contribution is -2.41. The van der Waals surface area contributed by atoms with Crippen molar-refractivity contribution in [1.29, 1.82) is 0 Å². The lowest BCUT2D eigenvalue weighted by atomic mass is 10.1. The summed E-state index contributed by atoms with van der Waals surface area (Å²) in [6.07, 6.45) is 0. The van der Waals surface area contributed by atoms with Crippen LogP contribution in [0.5, 0.6) is 5.75 Å². The predicted molar refractivity (Wildman–Crippen MR) is 102 cm³/mol. The summed E-state index contributed by atoms with van der Waals surface area (Å²) >= 11 is 5.85. The highest BCUT2D eigenvalue weighted by Crippen LogP contribution is 2.56. The fourth-order valence-corrected chi connectivity index (χ4v) is 5.70. The van der Waals surface area contributed by atoms with Crippen molar-refractivity contribution in [3.05, 3.63) is 59.1 Å². The number of benzene rings is 2. The Morgan fingerprint density at radius 1 is 1.15 bits per heavy atom. The van der Waals surface area contributed by atoms with E-state index in [4.69, 9.17) is 26.8 Å². The third-order valence-corrected chi connectivity index (χ3v) is 7.27. The van der Waals surface area contributed by atoms with E-state index in [1.54, 1.807) is 31.2 Å².